The highest BCUT2D eigenvalue weighted by molar-refractivity contribution is 5.36. The molecule has 0 fully saturated rings. The average Bonchev–Trinajstić information content (AvgIpc) is 2.82. The zero-order valence-corrected chi connectivity index (χ0v) is 8.46. The van der Waals surface area contributed by atoms with Gasteiger partial charge in [-0.15, -0.1) is 0 Å². The second-order valence-corrected chi connectivity index (χ2v) is 3.39. The molecule has 74 valence electrons. The van der Waals surface area contributed by atoms with Crippen molar-refractivity contribution in [3.63, 3.8) is 0 Å². The molecular formula is C12H11N3. The molecule has 3 nitrogen and oxygen atoms in total. The lowest BCUT2D eigenvalue weighted by molar-refractivity contribution is 0.877. The van der Waals surface area contributed by atoms with Crippen LogP contribution in [0.1, 0.15) is 18.4 Å². The van der Waals surface area contributed by atoms with Crippen molar-refractivity contribution in [2.45, 2.75) is 12.8 Å². The Morgan fingerprint density at radius 3 is 2.60 bits per heavy atom. The van der Waals surface area contributed by atoms with Crippen LogP contribution < -0.4 is 0 Å². The van der Waals surface area contributed by atoms with E-state index in [1.807, 2.05) is 43.5 Å². The molecule has 2 rings (SSSR count). The van der Waals surface area contributed by atoms with Gasteiger partial charge in [0.15, 0.2) is 0 Å². The van der Waals surface area contributed by atoms with Crippen LogP contribution >= 0.6 is 0 Å². The van der Waals surface area contributed by atoms with Crippen molar-refractivity contribution in [1.29, 1.82) is 5.26 Å². The minimum Gasteiger partial charge on any atom is -0.241 e. The summed E-state index contributed by atoms with van der Waals surface area (Å²) in [6.45, 7) is 1.89. The van der Waals surface area contributed by atoms with Crippen molar-refractivity contribution >= 4 is 0 Å². The van der Waals surface area contributed by atoms with Crippen LogP contribution in [0.4, 0.5) is 0 Å². The predicted molar refractivity (Wildman–Crippen MR) is 57.6 cm³/mol. The molecule has 1 heterocycles. The first-order valence-electron chi connectivity index (χ1n) is 4.81. The first kappa shape index (κ1) is 9.47. The molecule has 1 atom stereocenters. The van der Waals surface area contributed by atoms with Crippen LogP contribution in [-0.2, 0) is 0 Å². The Balaban J connectivity index is 2.30. The highest BCUT2D eigenvalue weighted by Gasteiger charge is 2.03. The molecule has 0 aliphatic heterocycles. The van der Waals surface area contributed by atoms with Gasteiger partial charge in [0, 0.05) is 12.4 Å². The Hall–Kier alpha value is -2.08. The van der Waals surface area contributed by atoms with Crippen molar-refractivity contribution in [3.05, 3.63) is 48.3 Å². The molecule has 0 bridgehead atoms. The van der Waals surface area contributed by atoms with Gasteiger partial charge in [-0.05, 0) is 30.7 Å². The maximum atomic E-state index is 8.77. The Bertz CT molecular complexity index is 463. The number of hydrogen-bond acceptors (Lipinski definition) is 2. The van der Waals surface area contributed by atoms with E-state index < -0.39 is 0 Å². The Morgan fingerprint density at radius 1 is 1.33 bits per heavy atom. The SMILES string of the molecule is CC(C#N)c1ccc(-n2cccn2)cc1. The van der Waals surface area contributed by atoms with Gasteiger partial charge in [-0.3, -0.25) is 0 Å². The Kier molecular flexibility index (Phi) is 2.51. The molecule has 1 unspecified atom stereocenters. The maximum Gasteiger partial charge on any atom is 0.0700 e. The van der Waals surface area contributed by atoms with E-state index in [9.17, 15) is 0 Å². The summed E-state index contributed by atoms with van der Waals surface area (Å²) in [5, 5.41) is 12.9. The smallest absolute Gasteiger partial charge is 0.0700 e. The fourth-order valence-electron chi connectivity index (χ4n) is 1.41. The molecule has 2 aromatic rings. The van der Waals surface area contributed by atoms with Crippen molar-refractivity contribution < 1.29 is 0 Å². The minimum atomic E-state index is -0.0586. The first-order valence-corrected chi connectivity index (χ1v) is 4.81. The molecule has 0 N–H and O–H groups in total. The van der Waals surface area contributed by atoms with E-state index in [1.165, 1.54) is 0 Å². The highest BCUT2D eigenvalue weighted by Crippen LogP contribution is 2.16. The number of aromatic nitrogens is 2. The molecular weight excluding hydrogens is 186 g/mol. The highest BCUT2D eigenvalue weighted by atomic mass is 15.3. The van der Waals surface area contributed by atoms with Gasteiger partial charge in [0.25, 0.3) is 0 Å². The van der Waals surface area contributed by atoms with Gasteiger partial charge >= 0.3 is 0 Å². The van der Waals surface area contributed by atoms with Gasteiger partial charge in [0.2, 0.25) is 0 Å². The summed E-state index contributed by atoms with van der Waals surface area (Å²) < 4.78 is 1.79. The summed E-state index contributed by atoms with van der Waals surface area (Å²) in [4.78, 5) is 0. The fraction of sp³-hybridized carbons (Fsp3) is 0.167. The van der Waals surface area contributed by atoms with Crippen LogP contribution in [0.15, 0.2) is 42.7 Å². The standard InChI is InChI=1S/C12H11N3/c1-10(9-13)11-3-5-12(6-4-11)15-8-2-7-14-15/h2-8,10H,1H3. The number of hydrogen-bond donors (Lipinski definition) is 0. The van der Waals surface area contributed by atoms with Crippen molar-refractivity contribution in [3.8, 4) is 11.8 Å². The molecule has 15 heavy (non-hydrogen) atoms. The zero-order valence-electron chi connectivity index (χ0n) is 8.46. The number of nitrogens with zero attached hydrogens (tertiary/aromatic N) is 3. The minimum absolute atomic E-state index is 0.0586. The van der Waals surface area contributed by atoms with Gasteiger partial charge in [-0.1, -0.05) is 12.1 Å². The Morgan fingerprint density at radius 2 is 2.07 bits per heavy atom. The molecule has 0 spiro atoms. The van der Waals surface area contributed by atoms with Gasteiger partial charge in [0.1, 0.15) is 0 Å². The molecule has 0 saturated carbocycles. The Labute approximate surface area is 88.6 Å². The van der Waals surface area contributed by atoms with Crippen LogP contribution in [0, 0.1) is 11.3 Å². The molecule has 0 saturated heterocycles. The van der Waals surface area contributed by atoms with Crippen LogP contribution in [0.2, 0.25) is 0 Å². The third kappa shape index (κ3) is 1.89. The summed E-state index contributed by atoms with van der Waals surface area (Å²) in [7, 11) is 0. The van der Waals surface area contributed by atoms with Crippen LogP contribution in [0.3, 0.4) is 0 Å². The third-order valence-electron chi connectivity index (χ3n) is 2.36. The quantitative estimate of drug-likeness (QED) is 0.742. The largest absolute Gasteiger partial charge is 0.241 e. The summed E-state index contributed by atoms with van der Waals surface area (Å²) in [6, 6.07) is 12.0. The lowest BCUT2D eigenvalue weighted by Crippen LogP contribution is -1.95. The van der Waals surface area contributed by atoms with E-state index in [2.05, 4.69) is 11.2 Å². The van der Waals surface area contributed by atoms with E-state index in [0.717, 1.165) is 11.3 Å². The number of nitriles is 1. The molecule has 3 heteroatoms. The van der Waals surface area contributed by atoms with E-state index in [4.69, 9.17) is 5.26 Å². The van der Waals surface area contributed by atoms with Gasteiger partial charge in [-0.2, -0.15) is 10.4 Å². The average molecular weight is 197 g/mol. The second-order valence-electron chi connectivity index (χ2n) is 3.39. The summed E-state index contributed by atoms with van der Waals surface area (Å²) in [6.07, 6.45) is 3.63. The monoisotopic (exact) mass is 197 g/mol. The zero-order chi connectivity index (χ0) is 10.7. The maximum absolute atomic E-state index is 8.77. The van der Waals surface area contributed by atoms with Gasteiger partial charge in [-0.25, -0.2) is 4.68 Å². The summed E-state index contributed by atoms with van der Waals surface area (Å²) in [5.41, 5.74) is 2.04. The van der Waals surface area contributed by atoms with E-state index >= 15 is 0 Å². The number of benzene rings is 1. The fourth-order valence-corrected chi connectivity index (χ4v) is 1.41. The van der Waals surface area contributed by atoms with Crippen molar-refractivity contribution in [2.75, 3.05) is 0 Å². The van der Waals surface area contributed by atoms with E-state index in [-0.39, 0.29) is 5.92 Å². The van der Waals surface area contributed by atoms with Crippen molar-refractivity contribution in [1.82, 2.24) is 9.78 Å². The van der Waals surface area contributed by atoms with Crippen LogP contribution in [0.5, 0.6) is 0 Å². The molecule has 1 aromatic heterocycles. The second kappa shape index (κ2) is 3.97. The van der Waals surface area contributed by atoms with Crippen LogP contribution in [0.25, 0.3) is 5.69 Å². The van der Waals surface area contributed by atoms with Gasteiger partial charge < -0.3 is 0 Å². The van der Waals surface area contributed by atoms with Crippen LogP contribution in [-0.4, -0.2) is 9.78 Å². The normalized spacial score (nSPS) is 12.0. The molecule has 1 aromatic carbocycles. The molecule has 0 aliphatic rings. The number of rotatable bonds is 2. The molecule has 0 amide bonds. The molecule has 0 aliphatic carbocycles. The summed E-state index contributed by atoms with van der Waals surface area (Å²) >= 11 is 0. The van der Waals surface area contributed by atoms with E-state index in [0.29, 0.717) is 0 Å². The summed E-state index contributed by atoms with van der Waals surface area (Å²) in [5.74, 6) is -0.0586. The lowest BCUT2D eigenvalue weighted by Gasteiger charge is -2.05. The van der Waals surface area contributed by atoms with Crippen molar-refractivity contribution in [2.24, 2.45) is 0 Å². The third-order valence-corrected chi connectivity index (χ3v) is 2.36. The predicted octanol–water partition coefficient (Wildman–Crippen LogP) is 2.50. The molecule has 0 radical (unpaired) electrons. The van der Waals surface area contributed by atoms with E-state index in [1.54, 1.807) is 10.9 Å². The van der Waals surface area contributed by atoms with Gasteiger partial charge in [0.05, 0.1) is 17.7 Å². The first-order chi connectivity index (χ1) is 7.31. The lowest BCUT2D eigenvalue weighted by atomic mass is 10.0. The topological polar surface area (TPSA) is 41.6 Å².